The van der Waals surface area contributed by atoms with Crippen LogP contribution in [0.25, 0.3) is 0 Å². The molecule has 0 saturated heterocycles. The van der Waals surface area contributed by atoms with Crippen LogP contribution < -0.4 is 0 Å². The summed E-state index contributed by atoms with van der Waals surface area (Å²) in [4.78, 5) is 7.98. The van der Waals surface area contributed by atoms with Crippen molar-refractivity contribution >= 4 is 0 Å². The SMILES string of the molecule is CC(C)c1n[c-]ccn1.C[CH-]C.[V+2]. The molecule has 0 spiro atoms. The summed E-state index contributed by atoms with van der Waals surface area (Å²) in [5, 5.41) is 0. The number of aromatic nitrogens is 2. The van der Waals surface area contributed by atoms with Crippen LogP contribution in [0, 0.1) is 12.6 Å². The van der Waals surface area contributed by atoms with Gasteiger partial charge in [0.15, 0.2) is 0 Å². The molecule has 1 rings (SSSR count). The molecule has 0 aliphatic rings. The first-order chi connectivity index (χ1) is 5.72. The van der Waals surface area contributed by atoms with Gasteiger partial charge in [-0.2, -0.15) is 13.8 Å². The number of rotatable bonds is 1. The Labute approximate surface area is 93.1 Å². The first kappa shape index (κ1) is 15.2. The second kappa shape index (κ2) is 9.75. The third-order valence-electron chi connectivity index (χ3n) is 1.05. The minimum absolute atomic E-state index is 0. The predicted molar refractivity (Wildman–Crippen MR) is 50.6 cm³/mol. The number of hydrogen-bond donors (Lipinski definition) is 0. The summed E-state index contributed by atoms with van der Waals surface area (Å²) in [6.07, 6.45) is 6.44. The van der Waals surface area contributed by atoms with Crippen molar-refractivity contribution < 1.29 is 18.6 Å². The Hall–Kier alpha value is -0.336. The van der Waals surface area contributed by atoms with Crippen LogP contribution >= 0.6 is 0 Å². The van der Waals surface area contributed by atoms with E-state index in [1.807, 2.05) is 20.3 Å². The van der Waals surface area contributed by atoms with Crippen LogP contribution in [0.5, 0.6) is 0 Å². The molecule has 0 aliphatic heterocycles. The Balaban J connectivity index is 0. The van der Waals surface area contributed by atoms with Crippen molar-refractivity contribution in [3.05, 3.63) is 30.7 Å². The molecule has 0 fully saturated rings. The smallest absolute Gasteiger partial charge is 0.373 e. The van der Waals surface area contributed by atoms with E-state index in [9.17, 15) is 0 Å². The summed E-state index contributed by atoms with van der Waals surface area (Å²) < 4.78 is 0. The molecule has 1 heterocycles. The molecule has 1 radical (unpaired) electrons. The molecule has 1 aromatic heterocycles. The Kier molecular flexibility index (Phi) is 11.4. The maximum absolute atomic E-state index is 4.04. The van der Waals surface area contributed by atoms with E-state index >= 15 is 0 Å². The standard InChI is InChI=1S/C7H9N2.C3H7.V/c1-6(2)7-8-4-3-5-9-7;1-3-2;/h3-4,6H,1-2H3;3H,1-2H3;/q2*-1;+2. The fourth-order valence-corrected chi connectivity index (χ4v) is 0.557. The van der Waals surface area contributed by atoms with Crippen LogP contribution in [-0.2, 0) is 18.6 Å². The average molecular weight is 215 g/mol. The molecule has 1 aromatic rings. The van der Waals surface area contributed by atoms with Crippen LogP contribution in [0.2, 0.25) is 0 Å². The van der Waals surface area contributed by atoms with E-state index in [4.69, 9.17) is 0 Å². The minimum atomic E-state index is 0. The molecular weight excluding hydrogens is 199 g/mol. The van der Waals surface area contributed by atoms with E-state index in [0.717, 1.165) is 5.82 Å². The molecule has 0 bridgehead atoms. The summed E-state index contributed by atoms with van der Waals surface area (Å²) in [7, 11) is 0. The average Bonchev–Trinajstić information content (AvgIpc) is 2.07. The van der Waals surface area contributed by atoms with Gasteiger partial charge in [-0.1, -0.05) is 26.2 Å². The minimum Gasteiger partial charge on any atom is -0.373 e. The van der Waals surface area contributed by atoms with Crippen LogP contribution in [0.4, 0.5) is 0 Å². The van der Waals surface area contributed by atoms with Gasteiger partial charge in [0.25, 0.3) is 0 Å². The fourth-order valence-electron chi connectivity index (χ4n) is 0.557. The second-order valence-electron chi connectivity index (χ2n) is 2.78. The van der Waals surface area contributed by atoms with Gasteiger partial charge in [-0.15, -0.1) is 6.07 Å². The summed E-state index contributed by atoms with van der Waals surface area (Å²) in [5.41, 5.74) is 0. The molecule has 0 atom stereocenters. The van der Waals surface area contributed by atoms with Gasteiger partial charge in [-0.05, 0) is 5.92 Å². The van der Waals surface area contributed by atoms with Gasteiger partial charge in [0.2, 0.25) is 0 Å². The van der Waals surface area contributed by atoms with E-state index in [1.165, 1.54) is 0 Å². The van der Waals surface area contributed by atoms with Gasteiger partial charge >= 0.3 is 18.6 Å². The van der Waals surface area contributed by atoms with Crippen LogP contribution in [0.15, 0.2) is 12.3 Å². The van der Waals surface area contributed by atoms with Crippen molar-refractivity contribution in [2.45, 2.75) is 33.6 Å². The van der Waals surface area contributed by atoms with Gasteiger partial charge in [0, 0.05) is 5.82 Å². The molecule has 0 aromatic carbocycles. The first-order valence-electron chi connectivity index (χ1n) is 4.15. The predicted octanol–water partition coefficient (Wildman–Crippen LogP) is 2.63. The van der Waals surface area contributed by atoms with E-state index in [2.05, 4.69) is 30.0 Å². The Morgan fingerprint density at radius 1 is 1.38 bits per heavy atom. The number of hydrogen-bond acceptors (Lipinski definition) is 2. The molecule has 0 aliphatic carbocycles. The van der Waals surface area contributed by atoms with Crippen LogP contribution in [-0.4, -0.2) is 9.97 Å². The van der Waals surface area contributed by atoms with E-state index in [-0.39, 0.29) is 18.6 Å². The van der Waals surface area contributed by atoms with Crippen molar-refractivity contribution in [1.29, 1.82) is 0 Å². The largest absolute Gasteiger partial charge is 2.00 e. The third-order valence-corrected chi connectivity index (χ3v) is 1.05. The third kappa shape index (κ3) is 8.01. The van der Waals surface area contributed by atoms with Gasteiger partial charge in [0.1, 0.15) is 0 Å². The molecular formula is C10H16N2V. The molecule has 0 unspecified atom stereocenters. The van der Waals surface area contributed by atoms with E-state index in [1.54, 1.807) is 12.3 Å². The van der Waals surface area contributed by atoms with Gasteiger partial charge in [0.05, 0.1) is 0 Å². The zero-order valence-corrected chi connectivity index (χ0v) is 10.0. The topological polar surface area (TPSA) is 25.8 Å². The monoisotopic (exact) mass is 215 g/mol. The molecule has 0 saturated carbocycles. The molecule has 2 nitrogen and oxygen atoms in total. The van der Waals surface area contributed by atoms with Crippen molar-refractivity contribution in [3.8, 4) is 0 Å². The summed E-state index contributed by atoms with van der Waals surface area (Å²) >= 11 is 0. The van der Waals surface area contributed by atoms with Crippen molar-refractivity contribution in [2.75, 3.05) is 0 Å². The summed E-state index contributed by atoms with van der Waals surface area (Å²) in [5.74, 6) is 1.26. The molecule has 3 heteroatoms. The van der Waals surface area contributed by atoms with E-state index in [0.29, 0.717) is 5.92 Å². The zero-order chi connectivity index (χ0) is 9.40. The summed E-state index contributed by atoms with van der Waals surface area (Å²) in [6.45, 7) is 8.12. The van der Waals surface area contributed by atoms with Crippen molar-refractivity contribution in [2.24, 2.45) is 0 Å². The molecule has 0 amide bonds. The summed E-state index contributed by atoms with van der Waals surface area (Å²) in [6, 6.07) is 1.70. The maximum atomic E-state index is 4.04. The van der Waals surface area contributed by atoms with Crippen molar-refractivity contribution in [1.82, 2.24) is 9.97 Å². The zero-order valence-electron chi connectivity index (χ0n) is 8.65. The van der Waals surface area contributed by atoms with Gasteiger partial charge < -0.3 is 16.4 Å². The second-order valence-corrected chi connectivity index (χ2v) is 2.78. The van der Waals surface area contributed by atoms with Crippen LogP contribution in [0.3, 0.4) is 0 Å². The van der Waals surface area contributed by atoms with Gasteiger partial charge in [-0.3, -0.25) is 0 Å². The molecule has 71 valence electrons. The van der Waals surface area contributed by atoms with E-state index < -0.39 is 0 Å². The number of nitrogens with zero attached hydrogens (tertiary/aromatic N) is 2. The first-order valence-corrected chi connectivity index (χ1v) is 4.15. The normalized spacial score (nSPS) is 8.38. The fraction of sp³-hybridized carbons (Fsp3) is 0.500. The quantitative estimate of drug-likeness (QED) is 0.673. The Morgan fingerprint density at radius 2 is 1.92 bits per heavy atom. The van der Waals surface area contributed by atoms with Gasteiger partial charge in [-0.25, -0.2) is 0 Å². The Bertz CT molecular complexity index is 187. The molecule has 0 N–H and O–H groups in total. The Morgan fingerprint density at radius 3 is 2.15 bits per heavy atom. The maximum Gasteiger partial charge on any atom is 2.00 e. The molecule has 13 heavy (non-hydrogen) atoms. The van der Waals surface area contributed by atoms with Crippen LogP contribution in [0.1, 0.15) is 39.4 Å². The van der Waals surface area contributed by atoms with Crippen molar-refractivity contribution in [3.63, 3.8) is 0 Å².